The molecule has 86 valence electrons. The highest BCUT2D eigenvalue weighted by Crippen LogP contribution is 2.19. The fourth-order valence-corrected chi connectivity index (χ4v) is 1.33. The predicted molar refractivity (Wildman–Crippen MR) is 69.9 cm³/mol. The van der Waals surface area contributed by atoms with Crippen molar-refractivity contribution in [3.05, 3.63) is 53.6 Å². The molecule has 0 aliphatic heterocycles. The van der Waals surface area contributed by atoms with Crippen molar-refractivity contribution in [2.45, 2.75) is 27.2 Å². The SMILES string of the molecule is C/C=C\Cc1ccccc1OC/C(C)=C\C. The molecule has 0 atom stereocenters. The molecule has 0 fully saturated rings. The van der Waals surface area contributed by atoms with Crippen LogP contribution in [0.4, 0.5) is 0 Å². The van der Waals surface area contributed by atoms with E-state index in [1.165, 1.54) is 11.1 Å². The van der Waals surface area contributed by atoms with Gasteiger partial charge in [0, 0.05) is 0 Å². The summed E-state index contributed by atoms with van der Waals surface area (Å²) in [6.45, 7) is 6.82. The van der Waals surface area contributed by atoms with Gasteiger partial charge in [0.05, 0.1) is 0 Å². The average Bonchev–Trinajstić information content (AvgIpc) is 2.34. The Labute approximate surface area is 98.5 Å². The van der Waals surface area contributed by atoms with E-state index in [2.05, 4.69) is 31.2 Å². The quantitative estimate of drug-likeness (QED) is 0.672. The molecule has 0 amide bonds. The molecule has 0 radical (unpaired) electrons. The second-order valence-electron chi connectivity index (χ2n) is 3.80. The van der Waals surface area contributed by atoms with Crippen LogP contribution in [0.25, 0.3) is 0 Å². The van der Waals surface area contributed by atoms with Crippen molar-refractivity contribution < 1.29 is 4.74 Å². The zero-order chi connectivity index (χ0) is 11.8. The summed E-state index contributed by atoms with van der Waals surface area (Å²) in [5.41, 5.74) is 2.49. The van der Waals surface area contributed by atoms with Gasteiger partial charge in [0.2, 0.25) is 0 Å². The minimum Gasteiger partial charge on any atom is -0.489 e. The van der Waals surface area contributed by atoms with Crippen LogP contribution in [0.1, 0.15) is 26.3 Å². The molecule has 0 unspecified atom stereocenters. The van der Waals surface area contributed by atoms with E-state index in [1.54, 1.807) is 0 Å². The minimum atomic E-state index is 0.670. The topological polar surface area (TPSA) is 9.23 Å². The van der Waals surface area contributed by atoms with Crippen LogP contribution in [0, 0.1) is 0 Å². The van der Waals surface area contributed by atoms with Crippen molar-refractivity contribution >= 4 is 0 Å². The van der Waals surface area contributed by atoms with Crippen LogP contribution in [0.3, 0.4) is 0 Å². The van der Waals surface area contributed by atoms with Gasteiger partial charge < -0.3 is 4.74 Å². The Kier molecular flexibility index (Phi) is 5.41. The number of hydrogen-bond acceptors (Lipinski definition) is 1. The first-order chi connectivity index (χ1) is 7.77. The molecule has 1 aromatic rings. The molecule has 0 spiro atoms. The van der Waals surface area contributed by atoms with Gasteiger partial charge in [-0.25, -0.2) is 0 Å². The third-order valence-electron chi connectivity index (χ3n) is 2.49. The standard InChI is InChI=1S/C15H20O/c1-4-6-9-14-10-7-8-11-15(14)16-12-13(3)5-2/h4-8,10-11H,9,12H2,1-3H3/b6-4-,13-5-. The van der Waals surface area contributed by atoms with E-state index in [0.717, 1.165) is 12.2 Å². The third-order valence-corrected chi connectivity index (χ3v) is 2.49. The maximum absolute atomic E-state index is 5.78. The van der Waals surface area contributed by atoms with Crippen molar-refractivity contribution in [3.8, 4) is 5.75 Å². The molecule has 16 heavy (non-hydrogen) atoms. The first-order valence-electron chi connectivity index (χ1n) is 5.71. The summed E-state index contributed by atoms with van der Waals surface area (Å²) in [5, 5.41) is 0. The molecule has 0 heterocycles. The molecule has 0 aliphatic carbocycles. The van der Waals surface area contributed by atoms with Gasteiger partial charge in [0.25, 0.3) is 0 Å². The molecule has 1 rings (SSSR count). The highest BCUT2D eigenvalue weighted by Gasteiger charge is 2.00. The maximum Gasteiger partial charge on any atom is 0.123 e. The molecule has 0 aliphatic rings. The van der Waals surface area contributed by atoms with Gasteiger partial charge in [-0.3, -0.25) is 0 Å². The smallest absolute Gasteiger partial charge is 0.123 e. The number of hydrogen-bond donors (Lipinski definition) is 0. The van der Waals surface area contributed by atoms with E-state index in [9.17, 15) is 0 Å². The summed E-state index contributed by atoms with van der Waals surface area (Å²) in [7, 11) is 0. The van der Waals surface area contributed by atoms with Crippen molar-refractivity contribution in [2.24, 2.45) is 0 Å². The molecule has 0 saturated carbocycles. The first kappa shape index (κ1) is 12.6. The zero-order valence-corrected chi connectivity index (χ0v) is 10.4. The van der Waals surface area contributed by atoms with E-state index in [-0.39, 0.29) is 0 Å². The van der Waals surface area contributed by atoms with Gasteiger partial charge >= 0.3 is 0 Å². The normalized spacial score (nSPS) is 12.1. The summed E-state index contributed by atoms with van der Waals surface area (Å²) >= 11 is 0. The van der Waals surface area contributed by atoms with Gasteiger partial charge in [-0.2, -0.15) is 0 Å². The first-order valence-corrected chi connectivity index (χ1v) is 5.71. The molecule has 1 heteroatoms. The molecule has 0 N–H and O–H groups in total. The van der Waals surface area contributed by atoms with E-state index in [0.29, 0.717) is 6.61 Å². The monoisotopic (exact) mass is 216 g/mol. The Morgan fingerprint density at radius 1 is 1.25 bits per heavy atom. The van der Waals surface area contributed by atoms with Crippen molar-refractivity contribution in [2.75, 3.05) is 6.61 Å². The Morgan fingerprint density at radius 2 is 2.00 bits per heavy atom. The van der Waals surface area contributed by atoms with E-state index >= 15 is 0 Å². The molecule has 0 bridgehead atoms. The van der Waals surface area contributed by atoms with Crippen LogP contribution in [0.2, 0.25) is 0 Å². The second-order valence-corrected chi connectivity index (χ2v) is 3.80. The van der Waals surface area contributed by atoms with Gasteiger partial charge in [0.1, 0.15) is 12.4 Å². The molecular weight excluding hydrogens is 196 g/mol. The lowest BCUT2D eigenvalue weighted by Crippen LogP contribution is -2.00. The fraction of sp³-hybridized carbons (Fsp3) is 0.333. The largest absolute Gasteiger partial charge is 0.489 e. The maximum atomic E-state index is 5.78. The van der Waals surface area contributed by atoms with Gasteiger partial charge in [-0.15, -0.1) is 0 Å². The fourth-order valence-electron chi connectivity index (χ4n) is 1.33. The van der Waals surface area contributed by atoms with Crippen LogP contribution in [0.15, 0.2) is 48.1 Å². The van der Waals surface area contributed by atoms with Gasteiger partial charge in [-0.05, 0) is 44.4 Å². The molecule has 1 nitrogen and oxygen atoms in total. The molecule has 1 aromatic carbocycles. The molecule has 0 saturated heterocycles. The number of rotatable bonds is 5. The Balaban J connectivity index is 2.70. The highest BCUT2D eigenvalue weighted by molar-refractivity contribution is 5.35. The molecular formula is C15H20O. The van der Waals surface area contributed by atoms with Crippen LogP contribution in [-0.2, 0) is 6.42 Å². The van der Waals surface area contributed by atoms with Crippen molar-refractivity contribution in [1.29, 1.82) is 0 Å². The Morgan fingerprint density at radius 3 is 2.69 bits per heavy atom. The van der Waals surface area contributed by atoms with Gasteiger partial charge in [0.15, 0.2) is 0 Å². The molecule has 0 aromatic heterocycles. The van der Waals surface area contributed by atoms with Gasteiger partial charge in [-0.1, -0.05) is 36.4 Å². The lowest BCUT2D eigenvalue weighted by molar-refractivity contribution is 0.349. The summed E-state index contributed by atoms with van der Waals surface area (Å²) in [6, 6.07) is 8.20. The summed E-state index contributed by atoms with van der Waals surface area (Å²) in [5.74, 6) is 0.988. The second kappa shape index (κ2) is 6.89. The van der Waals surface area contributed by atoms with Crippen LogP contribution in [0.5, 0.6) is 5.75 Å². The van der Waals surface area contributed by atoms with Crippen molar-refractivity contribution in [3.63, 3.8) is 0 Å². The Hall–Kier alpha value is -1.50. The number of allylic oxidation sites excluding steroid dienone is 3. The number of ether oxygens (including phenoxy) is 1. The summed E-state index contributed by atoms with van der Waals surface area (Å²) < 4.78 is 5.78. The highest BCUT2D eigenvalue weighted by atomic mass is 16.5. The summed E-state index contributed by atoms with van der Waals surface area (Å²) in [4.78, 5) is 0. The zero-order valence-electron chi connectivity index (χ0n) is 10.4. The minimum absolute atomic E-state index is 0.670. The summed E-state index contributed by atoms with van der Waals surface area (Å²) in [6.07, 6.45) is 7.22. The number of benzene rings is 1. The number of para-hydroxylation sites is 1. The lowest BCUT2D eigenvalue weighted by Gasteiger charge is -2.10. The van der Waals surface area contributed by atoms with E-state index in [4.69, 9.17) is 4.74 Å². The van der Waals surface area contributed by atoms with E-state index in [1.807, 2.05) is 32.0 Å². The third kappa shape index (κ3) is 3.93. The lowest BCUT2D eigenvalue weighted by atomic mass is 10.1. The van der Waals surface area contributed by atoms with Crippen LogP contribution >= 0.6 is 0 Å². The average molecular weight is 216 g/mol. The van der Waals surface area contributed by atoms with E-state index < -0.39 is 0 Å². The van der Waals surface area contributed by atoms with Crippen molar-refractivity contribution in [1.82, 2.24) is 0 Å². The Bertz CT molecular complexity index is 375. The van der Waals surface area contributed by atoms with Crippen LogP contribution in [-0.4, -0.2) is 6.61 Å². The predicted octanol–water partition coefficient (Wildman–Crippen LogP) is 4.15. The van der Waals surface area contributed by atoms with Crippen LogP contribution < -0.4 is 4.74 Å².